The zero-order valence-corrected chi connectivity index (χ0v) is 10.7. The average molecular weight is 244 g/mol. The van der Waals surface area contributed by atoms with Crippen molar-refractivity contribution in [1.82, 2.24) is 5.32 Å². The van der Waals surface area contributed by atoms with E-state index in [2.05, 4.69) is 5.32 Å². The highest BCUT2D eigenvalue weighted by Gasteiger charge is 2.18. The van der Waals surface area contributed by atoms with Crippen LogP contribution in [0.4, 0.5) is 0 Å². The van der Waals surface area contributed by atoms with Crippen molar-refractivity contribution in [3.63, 3.8) is 0 Å². The molecule has 0 saturated carbocycles. The molecular weight excluding hydrogens is 220 g/mol. The fourth-order valence-corrected chi connectivity index (χ4v) is 1.42. The van der Waals surface area contributed by atoms with Crippen LogP contribution in [0.15, 0.2) is 0 Å². The molecule has 0 rings (SSSR count). The predicted octanol–water partition coefficient (Wildman–Crippen LogP) is 1.12. The van der Waals surface area contributed by atoms with Gasteiger partial charge >= 0.3 is 5.97 Å². The Hall–Kier alpha value is -1.10. The number of hydrogen-bond acceptors (Lipinski definition) is 3. The first-order valence-corrected chi connectivity index (χ1v) is 6.24. The molecule has 2 atom stereocenters. The number of carbonyl (C=O) groups is 2. The molecule has 100 valence electrons. The quantitative estimate of drug-likeness (QED) is 0.530. The van der Waals surface area contributed by atoms with E-state index in [0.29, 0.717) is 13.0 Å². The summed E-state index contributed by atoms with van der Waals surface area (Å²) in [6.07, 6.45) is 3.34. The van der Waals surface area contributed by atoms with Gasteiger partial charge in [0, 0.05) is 13.0 Å². The predicted molar refractivity (Wildman–Crippen MR) is 66.5 cm³/mol. The first kappa shape index (κ1) is 15.9. The van der Waals surface area contributed by atoms with Gasteiger partial charge in [0.15, 0.2) is 0 Å². The standard InChI is InChI=1S/C12H24N2O3/c1-3-9(2)11(13)12(17)14-8-6-4-5-7-10(15)16/h9,11H,3-8,13H2,1-2H3,(H,14,17)(H,15,16)/t9?,11-/m0/s1. The van der Waals surface area contributed by atoms with Crippen LogP contribution < -0.4 is 11.1 Å². The molecule has 1 amide bonds. The summed E-state index contributed by atoms with van der Waals surface area (Å²) < 4.78 is 0. The highest BCUT2D eigenvalue weighted by molar-refractivity contribution is 5.81. The summed E-state index contributed by atoms with van der Waals surface area (Å²) in [6.45, 7) is 4.53. The Morgan fingerprint density at radius 2 is 1.94 bits per heavy atom. The zero-order valence-electron chi connectivity index (χ0n) is 10.7. The van der Waals surface area contributed by atoms with Gasteiger partial charge in [0.1, 0.15) is 0 Å². The van der Waals surface area contributed by atoms with Crippen LogP contribution in [-0.4, -0.2) is 29.6 Å². The lowest BCUT2D eigenvalue weighted by Gasteiger charge is -2.17. The number of carboxylic acids is 1. The summed E-state index contributed by atoms with van der Waals surface area (Å²) in [5.41, 5.74) is 5.76. The van der Waals surface area contributed by atoms with E-state index in [1.807, 2.05) is 13.8 Å². The highest BCUT2D eigenvalue weighted by atomic mass is 16.4. The molecule has 0 aliphatic rings. The zero-order chi connectivity index (χ0) is 13.3. The summed E-state index contributed by atoms with van der Waals surface area (Å²) in [5, 5.41) is 11.2. The molecule has 0 spiro atoms. The molecule has 17 heavy (non-hydrogen) atoms. The largest absolute Gasteiger partial charge is 0.481 e. The molecular formula is C12H24N2O3. The molecule has 0 heterocycles. The molecule has 0 saturated heterocycles. The van der Waals surface area contributed by atoms with Crippen LogP contribution in [0.1, 0.15) is 46.0 Å². The van der Waals surface area contributed by atoms with Gasteiger partial charge in [-0.15, -0.1) is 0 Å². The number of hydrogen-bond donors (Lipinski definition) is 3. The minimum Gasteiger partial charge on any atom is -0.481 e. The lowest BCUT2D eigenvalue weighted by atomic mass is 9.99. The molecule has 0 aromatic carbocycles. The van der Waals surface area contributed by atoms with Crippen molar-refractivity contribution in [2.45, 2.75) is 52.0 Å². The maximum absolute atomic E-state index is 11.6. The third kappa shape index (κ3) is 7.74. The summed E-state index contributed by atoms with van der Waals surface area (Å²) in [7, 11) is 0. The van der Waals surface area contributed by atoms with Gasteiger partial charge in [-0.05, 0) is 18.8 Å². The van der Waals surface area contributed by atoms with E-state index in [-0.39, 0.29) is 18.2 Å². The van der Waals surface area contributed by atoms with Crippen LogP contribution in [-0.2, 0) is 9.59 Å². The highest BCUT2D eigenvalue weighted by Crippen LogP contribution is 2.05. The summed E-state index contributed by atoms with van der Waals surface area (Å²) >= 11 is 0. The van der Waals surface area contributed by atoms with E-state index in [1.165, 1.54) is 0 Å². The Morgan fingerprint density at radius 1 is 1.29 bits per heavy atom. The second kappa shape index (κ2) is 8.98. The van der Waals surface area contributed by atoms with Gasteiger partial charge in [-0.2, -0.15) is 0 Å². The van der Waals surface area contributed by atoms with Crippen molar-refractivity contribution >= 4 is 11.9 Å². The molecule has 0 bridgehead atoms. The summed E-state index contributed by atoms with van der Waals surface area (Å²) in [4.78, 5) is 21.8. The Morgan fingerprint density at radius 3 is 2.47 bits per heavy atom. The van der Waals surface area contributed by atoms with Crippen LogP contribution in [0.25, 0.3) is 0 Å². The number of amides is 1. The number of nitrogens with two attached hydrogens (primary N) is 1. The Kier molecular flexibility index (Phi) is 8.40. The van der Waals surface area contributed by atoms with Crippen molar-refractivity contribution < 1.29 is 14.7 Å². The van der Waals surface area contributed by atoms with Crippen LogP contribution >= 0.6 is 0 Å². The smallest absolute Gasteiger partial charge is 0.303 e. The lowest BCUT2D eigenvalue weighted by molar-refractivity contribution is -0.137. The Bertz CT molecular complexity index is 244. The van der Waals surface area contributed by atoms with Crippen LogP contribution in [0.2, 0.25) is 0 Å². The third-order valence-electron chi connectivity index (χ3n) is 2.93. The SMILES string of the molecule is CCC(C)[C@H](N)C(=O)NCCCCCC(=O)O. The minimum absolute atomic E-state index is 0.113. The van der Waals surface area contributed by atoms with Crippen molar-refractivity contribution in [3.8, 4) is 0 Å². The number of nitrogens with one attached hydrogen (secondary N) is 1. The lowest BCUT2D eigenvalue weighted by Crippen LogP contribution is -2.44. The van der Waals surface area contributed by atoms with Gasteiger partial charge in [0.05, 0.1) is 6.04 Å². The van der Waals surface area contributed by atoms with Crippen molar-refractivity contribution in [2.75, 3.05) is 6.54 Å². The molecule has 0 aliphatic heterocycles. The topological polar surface area (TPSA) is 92.4 Å². The Labute approximate surface area is 103 Å². The number of carboxylic acid groups (broad SMARTS) is 1. The number of unbranched alkanes of at least 4 members (excludes halogenated alkanes) is 2. The fraction of sp³-hybridized carbons (Fsp3) is 0.833. The molecule has 0 aromatic heterocycles. The molecule has 1 unspecified atom stereocenters. The molecule has 0 aromatic rings. The molecule has 4 N–H and O–H groups in total. The van der Waals surface area contributed by atoms with Crippen LogP contribution in [0.3, 0.4) is 0 Å². The summed E-state index contributed by atoms with van der Waals surface area (Å²) in [5.74, 6) is -0.701. The van der Waals surface area contributed by atoms with Gasteiger partial charge in [0.2, 0.25) is 5.91 Å². The van der Waals surface area contributed by atoms with Crippen LogP contribution in [0.5, 0.6) is 0 Å². The van der Waals surface area contributed by atoms with E-state index in [1.54, 1.807) is 0 Å². The second-order valence-corrected chi connectivity index (χ2v) is 4.41. The number of aliphatic carboxylic acids is 1. The van der Waals surface area contributed by atoms with Crippen LogP contribution in [0, 0.1) is 5.92 Å². The average Bonchev–Trinajstić information content (AvgIpc) is 2.30. The van der Waals surface area contributed by atoms with Gasteiger partial charge in [0.25, 0.3) is 0 Å². The first-order chi connectivity index (χ1) is 7.99. The number of carbonyl (C=O) groups excluding carboxylic acids is 1. The summed E-state index contributed by atoms with van der Waals surface area (Å²) in [6, 6.07) is -0.445. The van der Waals surface area contributed by atoms with E-state index in [9.17, 15) is 9.59 Å². The van der Waals surface area contributed by atoms with Gasteiger partial charge in [-0.1, -0.05) is 26.7 Å². The van der Waals surface area contributed by atoms with Crippen molar-refractivity contribution in [1.29, 1.82) is 0 Å². The molecule has 0 radical (unpaired) electrons. The maximum Gasteiger partial charge on any atom is 0.303 e. The third-order valence-corrected chi connectivity index (χ3v) is 2.93. The van der Waals surface area contributed by atoms with E-state index in [4.69, 9.17) is 10.8 Å². The molecule has 0 aliphatic carbocycles. The molecule has 5 heteroatoms. The first-order valence-electron chi connectivity index (χ1n) is 6.24. The van der Waals surface area contributed by atoms with E-state index >= 15 is 0 Å². The fourth-order valence-electron chi connectivity index (χ4n) is 1.42. The van der Waals surface area contributed by atoms with E-state index < -0.39 is 12.0 Å². The van der Waals surface area contributed by atoms with Gasteiger partial charge in [-0.25, -0.2) is 0 Å². The minimum atomic E-state index is -0.771. The Balaban J connectivity index is 3.54. The van der Waals surface area contributed by atoms with Gasteiger partial charge in [-0.3, -0.25) is 9.59 Å². The monoisotopic (exact) mass is 244 g/mol. The second-order valence-electron chi connectivity index (χ2n) is 4.41. The molecule has 5 nitrogen and oxygen atoms in total. The van der Waals surface area contributed by atoms with Gasteiger partial charge < -0.3 is 16.2 Å². The van der Waals surface area contributed by atoms with E-state index in [0.717, 1.165) is 19.3 Å². The molecule has 0 fully saturated rings. The van der Waals surface area contributed by atoms with Crippen molar-refractivity contribution in [2.24, 2.45) is 11.7 Å². The number of rotatable bonds is 9. The maximum atomic E-state index is 11.6. The van der Waals surface area contributed by atoms with Crippen molar-refractivity contribution in [3.05, 3.63) is 0 Å². The normalized spacial score (nSPS) is 14.1.